The van der Waals surface area contributed by atoms with E-state index in [1.807, 2.05) is 6.07 Å². The van der Waals surface area contributed by atoms with Crippen molar-refractivity contribution in [1.82, 2.24) is 9.88 Å². The Kier molecular flexibility index (Phi) is 3.05. The summed E-state index contributed by atoms with van der Waals surface area (Å²) in [5.41, 5.74) is 1.08. The van der Waals surface area contributed by atoms with Gasteiger partial charge in [0.2, 0.25) is 0 Å². The van der Waals surface area contributed by atoms with E-state index in [9.17, 15) is 0 Å². The number of aromatic nitrogens is 1. The fourth-order valence-electron chi connectivity index (χ4n) is 3.05. The minimum Gasteiger partial charge on any atom is -0.379 e. The molecule has 2 fully saturated rings. The Morgan fingerprint density at radius 3 is 2.65 bits per heavy atom. The molecular weight excluding hydrogens is 250 g/mol. The van der Waals surface area contributed by atoms with E-state index in [0.717, 1.165) is 50.7 Å². The van der Waals surface area contributed by atoms with Gasteiger partial charge in [-0.15, -0.1) is 0 Å². The average Bonchev–Trinajstić information content (AvgIpc) is 2.47. The second kappa shape index (κ2) is 5.04. The second-order valence-electron chi connectivity index (χ2n) is 5.57. The first kappa shape index (κ1) is 12.1. The van der Waals surface area contributed by atoms with Gasteiger partial charge < -0.3 is 9.64 Å². The Hall–Kier alpha value is -1.65. The summed E-state index contributed by atoms with van der Waals surface area (Å²) in [6.45, 7) is 6.08. The lowest BCUT2D eigenvalue weighted by Gasteiger charge is -2.47. The fourth-order valence-corrected chi connectivity index (χ4v) is 3.05. The number of hydrogen-bond acceptors (Lipinski definition) is 4. The molecule has 0 N–H and O–H groups in total. The number of pyridine rings is 1. The molecule has 2 aromatic rings. The molecule has 0 radical (unpaired) electrons. The largest absolute Gasteiger partial charge is 0.379 e. The number of rotatable bonds is 2. The lowest BCUT2D eigenvalue weighted by molar-refractivity contribution is 0.0104. The molecule has 0 spiro atoms. The molecule has 0 atom stereocenters. The quantitative estimate of drug-likeness (QED) is 0.830. The first-order valence-electron chi connectivity index (χ1n) is 7.33. The van der Waals surface area contributed by atoms with Crippen LogP contribution in [0.4, 0.5) is 5.82 Å². The average molecular weight is 269 g/mol. The molecule has 4 nitrogen and oxygen atoms in total. The summed E-state index contributed by atoms with van der Waals surface area (Å²) in [7, 11) is 0. The lowest BCUT2D eigenvalue weighted by atomic mass is 10.1. The number of morpholine rings is 1. The van der Waals surface area contributed by atoms with E-state index in [1.54, 1.807) is 0 Å². The third-order valence-corrected chi connectivity index (χ3v) is 4.33. The van der Waals surface area contributed by atoms with Crippen LogP contribution in [0.3, 0.4) is 0 Å². The van der Waals surface area contributed by atoms with Gasteiger partial charge in [-0.25, -0.2) is 4.98 Å². The first-order valence-corrected chi connectivity index (χ1v) is 7.33. The van der Waals surface area contributed by atoms with Crippen LogP contribution in [0.25, 0.3) is 10.9 Å². The van der Waals surface area contributed by atoms with Crippen molar-refractivity contribution < 1.29 is 4.74 Å². The number of hydrogen-bond donors (Lipinski definition) is 0. The van der Waals surface area contributed by atoms with Gasteiger partial charge >= 0.3 is 0 Å². The zero-order valence-corrected chi connectivity index (χ0v) is 11.5. The van der Waals surface area contributed by atoms with Crippen molar-refractivity contribution in [3.8, 4) is 0 Å². The molecule has 2 aliphatic heterocycles. The highest BCUT2D eigenvalue weighted by molar-refractivity contribution is 5.80. The number of fused-ring (bicyclic) bond motifs is 1. The Bertz CT molecular complexity index is 603. The van der Waals surface area contributed by atoms with Crippen molar-refractivity contribution in [3.63, 3.8) is 0 Å². The van der Waals surface area contributed by atoms with Crippen LogP contribution in [0.15, 0.2) is 36.4 Å². The van der Waals surface area contributed by atoms with Gasteiger partial charge in [-0.2, -0.15) is 0 Å². The fraction of sp³-hybridized carbons (Fsp3) is 0.438. The standard InChI is InChI=1S/C16H19N3O/c1-2-4-15-13(3-1)5-6-16(17-15)19-11-14(12-19)18-7-9-20-10-8-18/h1-6,14H,7-12H2. The molecule has 0 bridgehead atoms. The predicted octanol–water partition coefficient (Wildman–Crippen LogP) is 1.76. The third-order valence-electron chi connectivity index (χ3n) is 4.33. The molecule has 104 valence electrons. The lowest BCUT2D eigenvalue weighted by Crippen LogP contribution is -2.61. The van der Waals surface area contributed by atoms with E-state index in [2.05, 4.69) is 40.1 Å². The van der Waals surface area contributed by atoms with Crippen molar-refractivity contribution in [2.24, 2.45) is 0 Å². The van der Waals surface area contributed by atoms with E-state index < -0.39 is 0 Å². The van der Waals surface area contributed by atoms with Crippen LogP contribution in [-0.4, -0.2) is 55.3 Å². The van der Waals surface area contributed by atoms with Crippen molar-refractivity contribution in [2.75, 3.05) is 44.3 Å². The highest BCUT2D eigenvalue weighted by Crippen LogP contribution is 2.24. The summed E-state index contributed by atoms with van der Waals surface area (Å²) in [5, 5.41) is 1.21. The SMILES string of the molecule is c1ccc2nc(N3CC(N4CCOCC4)C3)ccc2c1. The normalized spacial score (nSPS) is 21.1. The van der Waals surface area contributed by atoms with Crippen LogP contribution >= 0.6 is 0 Å². The number of ether oxygens (including phenoxy) is 1. The molecule has 4 heteroatoms. The predicted molar refractivity (Wildman–Crippen MR) is 80.1 cm³/mol. The molecule has 1 aromatic heterocycles. The summed E-state index contributed by atoms with van der Waals surface area (Å²) >= 11 is 0. The highest BCUT2D eigenvalue weighted by Gasteiger charge is 2.33. The van der Waals surface area contributed by atoms with Gasteiger partial charge in [-0.1, -0.05) is 18.2 Å². The van der Waals surface area contributed by atoms with Crippen molar-refractivity contribution in [2.45, 2.75) is 6.04 Å². The molecule has 0 saturated carbocycles. The molecular formula is C16H19N3O. The minimum absolute atomic E-state index is 0.673. The van der Waals surface area contributed by atoms with Crippen LogP contribution in [0.2, 0.25) is 0 Å². The Balaban J connectivity index is 1.46. The van der Waals surface area contributed by atoms with Crippen LogP contribution < -0.4 is 4.90 Å². The van der Waals surface area contributed by atoms with Gasteiger partial charge in [0.1, 0.15) is 5.82 Å². The topological polar surface area (TPSA) is 28.6 Å². The molecule has 2 saturated heterocycles. The smallest absolute Gasteiger partial charge is 0.129 e. The first-order chi connectivity index (χ1) is 9.90. The molecule has 4 rings (SSSR count). The summed E-state index contributed by atoms with van der Waals surface area (Å²) < 4.78 is 5.41. The molecule has 2 aliphatic rings. The Morgan fingerprint density at radius 2 is 1.80 bits per heavy atom. The van der Waals surface area contributed by atoms with Crippen LogP contribution in [0.5, 0.6) is 0 Å². The molecule has 20 heavy (non-hydrogen) atoms. The number of nitrogens with zero attached hydrogens (tertiary/aromatic N) is 3. The van der Waals surface area contributed by atoms with Crippen molar-refractivity contribution >= 4 is 16.7 Å². The molecule has 3 heterocycles. The number of benzene rings is 1. The Morgan fingerprint density at radius 1 is 1.00 bits per heavy atom. The van der Waals surface area contributed by atoms with Gasteiger partial charge in [0.05, 0.1) is 18.7 Å². The van der Waals surface area contributed by atoms with Crippen LogP contribution in [0.1, 0.15) is 0 Å². The number of anilines is 1. The molecule has 0 aliphatic carbocycles. The monoisotopic (exact) mass is 269 g/mol. The maximum absolute atomic E-state index is 5.41. The summed E-state index contributed by atoms with van der Waals surface area (Å²) in [6.07, 6.45) is 0. The summed E-state index contributed by atoms with van der Waals surface area (Å²) in [5.74, 6) is 1.10. The molecule has 0 amide bonds. The highest BCUT2D eigenvalue weighted by atomic mass is 16.5. The van der Waals surface area contributed by atoms with Gasteiger partial charge in [-0.05, 0) is 18.2 Å². The van der Waals surface area contributed by atoms with Crippen LogP contribution in [0, 0.1) is 0 Å². The summed E-state index contributed by atoms with van der Waals surface area (Å²) in [4.78, 5) is 9.67. The van der Waals surface area contributed by atoms with Gasteiger partial charge in [0, 0.05) is 37.6 Å². The zero-order chi connectivity index (χ0) is 13.4. The van der Waals surface area contributed by atoms with E-state index in [4.69, 9.17) is 9.72 Å². The molecule has 0 unspecified atom stereocenters. The van der Waals surface area contributed by atoms with E-state index >= 15 is 0 Å². The van der Waals surface area contributed by atoms with E-state index in [-0.39, 0.29) is 0 Å². The maximum atomic E-state index is 5.41. The van der Waals surface area contributed by atoms with Crippen LogP contribution in [-0.2, 0) is 4.74 Å². The third kappa shape index (κ3) is 2.15. The van der Waals surface area contributed by atoms with E-state index in [0.29, 0.717) is 6.04 Å². The number of para-hydroxylation sites is 1. The van der Waals surface area contributed by atoms with Gasteiger partial charge in [0.25, 0.3) is 0 Å². The summed E-state index contributed by atoms with van der Waals surface area (Å²) in [6, 6.07) is 13.3. The van der Waals surface area contributed by atoms with Crippen molar-refractivity contribution in [1.29, 1.82) is 0 Å². The van der Waals surface area contributed by atoms with Crippen molar-refractivity contribution in [3.05, 3.63) is 36.4 Å². The minimum atomic E-state index is 0.673. The zero-order valence-electron chi connectivity index (χ0n) is 11.5. The maximum Gasteiger partial charge on any atom is 0.129 e. The second-order valence-corrected chi connectivity index (χ2v) is 5.57. The molecule has 1 aromatic carbocycles. The Labute approximate surface area is 119 Å². The van der Waals surface area contributed by atoms with Gasteiger partial charge in [0.15, 0.2) is 0 Å². The van der Waals surface area contributed by atoms with E-state index in [1.165, 1.54) is 5.39 Å². The van der Waals surface area contributed by atoms with Gasteiger partial charge in [-0.3, -0.25) is 4.90 Å².